The Bertz CT molecular complexity index is 765. The maximum absolute atomic E-state index is 12.4. The predicted octanol–water partition coefficient (Wildman–Crippen LogP) is 0.450. The molecular formula is C18H23N5O3. The lowest BCUT2D eigenvalue weighted by molar-refractivity contribution is -0.146. The molecule has 2 aliphatic rings. The van der Waals surface area contributed by atoms with Crippen molar-refractivity contribution in [2.75, 3.05) is 44.4 Å². The van der Waals surface area contributed by atoms with Crippen LogP contribution < -0.4 is 4.90 Å². The van der Waals surface area contributed by atoms with E-state index in [4.69, 9.17) is 9.47 Å². The Morgan fingerprint density at radius 1 is 1.31 bits per heavy atom. The molecule has 0 aromatic carbocycles. The number of hydrogen-bond donors (Lipinski definition) is 0. The van der Waals surface area contributed by atoms with Crippen molar-refractivity contribution in [1.29, 1.82) is 0 Å². The highest BCUT2D eigenvalue weighted by Gasteiger charge is 2.43. The summed E-state index contributed by atoms with van der Waals surface area (Å²) >= 11 is 0. The number of hydrogen-bond acceptors (Lipinski definition) is 6. The third-order valence-corrected chi connectivity index (χ3v) is 4.80. The summed E-state index contributed by atoms with van der Waals surface area (Å²) in [4.78, 5) is 20.6. The Labute approximate surface area is 152 Å². The SMILES string of the molecule is Cn1cc(CN2CCOC[C@]3(C2)CN(c2cccnc2)C(=O)CO3)cn1. The molecule has 2 saturated heterocycles. The molecule has 4 heterocycles. The molecule has 1 amide bonds. The van der Waals surface area contributed by atoms with Crippen molar-refractivity contribution in [1.82, 2.24) is 19.7 Å². The van der Waals surface area contributed by atoms with Crippen LogP contribution in [0.2, 0.25) is 0 Å². The van der Waals surface area contributed by atoms with Crippen LogP contribution in [0, 0.1) is 0 Å². The second-order valence-corrected chi connectivity index (χ2v) is 6.95. The number of carbonyl (C=O) groups is 1. The Balaban J connectivity index is 1.52. The molecule has 0 aliphatic carbocycles. The van der Waals surface area contributed by atoms with Crippen LogP contribution in [-0.2, 0) is 27.9 Å². The smallest absolute Gasteiger partial charge is 0.253 e. The number of nitrogens with zero attached hydrogens (tertiary/aromatic N) is 5. The fourth-order valence-corrected chi connectivity index (χ4v) is 3.58. The van der Waals surface area contributed by atoms with Crippen LogP contribution in [0.1, 0.15) is 5.56 Å². The Kier molecular flexibility index (Phi) is 4.71. The standard InChI is InChI=1S/C18H23N5O3/c1-21-9-15(7-20-21)10-22-5-6-25-14-18(12-22)13-23(17(24)11-26-18)16-3-2-4-19-8-16/h2-4,7-9H,5-6,10-14H2,1H3/t18-/m0/s1. The number of morpholine rings is 1. The molecule has 2 aromatic rings. The van der Waals surface area contributed by atoms with E-state index in [1.165, 1.54) is 0 Å². The predicted molar refractivity (Wildman–Crippen MR) is 94.6 cm³/mol. The van der Waals surface area contributed by atoms with Crippen LogP contribution in [0.5, 0.6) is 0 Å². The molecule has 2 aliphatic heterocycles. The zero-order chi connectivity index (χ0) is 18.0. The van der Waals surface area contributed by atoms with Gasteiger partial charge in [0.1, 0.15) is 12.2 Å². The van der Waals surface area contributed by atoms with Crippen molar-refractivity contribution in [2.45, 2.75) is 12.1 Å². The summed E-state index contributed by atoms with van der Waals surface area (Å²) in [6.45, 7) is 3.93. The van der Waals surface area contributed by atoms with Gasteiger partial charge in [-0.1, -0.05) is 0 Å². The van der Waals surface area contributed by atoms with Gasteiger partial charge < -0.3 is 14.4 Å². The van der Waals surface area contributed by atoms with E-state index in [-0.39, 0.29) is 12.5 Å². The van der Waals surface area contributed by atoms with Crippen LogP contribution in [0.15, 0.2) is 36.9 Å². The third kappa shape index (κ3) is 3.62. The monoisotopic (exact) mass is 357 g/mol. The maximum Gasteiger partial charge on any atom is 0.253 e. The van der Waals surface area contributed by atoms with Gasteiger partial charge in [0.15, 0.2) is 0 Å². The second kappa shape index (κ2) is 7.14. The number of anilines is 1. The lowest BCUT2D eigenvalue weighted by Crippen LogP contribution is -2.60. The average molecular weight is 357 g/mol. The molecule has 0 saturated carbocycles. The van der Waals surface area contributed by atoms with E-state index in [9.17, 15) is 4.79 Å². The molecule has 26 heavy (non-hydrogen) atoms. The number of amides is 1. The molecule has 1 spiro atoms. The maximum atomic E-state index is 12.4. The van der Waals surface area contributed by atoms with Crippen molar-refractivity contribution in [2.24, 2.45) is 7.05 Å². The van der Waals surface area contributed by atoms with Gasteiger partial charge in [0.25, 0.3) is 5.91 Å². The number of rotatable bonds is 3. The lowest BCUT2D eigenvalue weighted by atomic mass is 10.0. The number of pyridine rings is 1. The van der Waals surface area contributed by atoms with Gasteiger partial charge in [-0.25, -0.2) is 0 Å². The normalized spacial score (nSPS) is 24.8. The quantitative estimate of drug-likeness (QED) is 0.794. The lowest BCUT2D eigenvalue weighted by Gasteiger charge is -2.42. The van der Waals surface area contributed by atoms with Crippen molar-refractivity contribution >= 4 is 11.6 Å². The van der Waals surface area contributed by atoms with Crippen molar-refractivity contribution in [3.8, 4) is 0 Å². The first kappa shape index (κ1) is 17.1. The van der Waals surface area contributed by atoms with Crippen LogP contribution in [-0.4, -0.2) is 70.6 Å². The highest BCUT2D eigenvalue weighted by molar-refractivity contribution is 5.95. The summed E-state index contributed by atoms with van der Waals surface area (Å²) in [6, 6.07) is 3.73. The van der Waals surface area contributed by atoms with Crippen molar-refractivity contribution in [3.63, 3.8) is 0 Å². The number of carbonyl (C=O) groups excluding carboxylic acids is 1. The molecule has 1 atom stereocenters. The molecule has 2 aromatic heterocycles. The number of aromatic nitrogens is 3. The van der Waals surface area contributed by atoms with Gasteiger partial charge in [-0.15, -0.1) is 0 Å². The highest BCUT2D eigenvalue weighted by atomic mass is 16.6. The van der Waals surface area contributed by atoms with Crippen molar-refractivity contribution < 1.29 is 14.3 Å². The average Bonchev–Trinajstić information content (AvgIpc) is 2.95. The van der Waals surface area contributed by atoms with E-state index in [2.05, 4.69) is 15.0 Å². The summed E-state index contributed by atoms with van der Waals surface area (Å²) < 4.78 is 13.7. The summed E-state index contributed by atoms with van der Waals surface area (Å²) in [7, 11) is 1.91. The molecule has 2 fully saturated rings. The molecule has 4 rings (SSSR count). The van der Waals surface area contributed by atoms with Crippen molar-refractivity contribution in [3.05, 3.63) is 42.5 Å². The first-order chi connectivity index (χ1) is 12.6. The number of ether oxygens (including phenoxy) is 2. The first-order valence-corrected chi connectivity index (χ1v) is 8.76. The number of aryl methyl sites for hydroxylation is 1. The van der Waals surface area contributed by atoms with E-state index < -0.39 is 5.60 Å². The Morgan fingerprint density at radius 2 is 2.23 bits per heavy atom. The zero-order valence-electron chi connectivity index (χ0n) is 14.9. The first-order valence-electron chi connectivity index (χ1n) is 8.76. The van der Waals surface area contributed by atoms with E-state index in [1.54, 1.807) is 22.0 Å². The van der Waals surface area contributed by atoms with Gasteiger partial charge >= 0.3 is 0 Å². The Hall–Kier alpha value is -2.29. The minimum atomic E-state index is -0.539. The van der Waals surface area contributed by atoms with E-state index in [0.29, 0.717) is 26.3 Å². The molecule has 0 radical (unpaired) electrons. The summed E-state index contributed by atoms with van der Waals surface area (Å²) in [5.41, 5.74) is 1.41. The van der Waals surface area contributed by atoms with Crippen LogP contribution >= 0.6 is 0 Å². The summed E-state index contributed by atoms with van der Waals surface area (Å²) in [5.74, 6) is -0.0494. The highest BCUT2D eigenvalue weighted by Crippen LogP contribution is 2.27. The van der Waals surface area contributed by atoms with Gasteiger partial charge in [0, 0.05) is 44.6 Å². The van der Waals surface area contributed by atoms with Gasteiger partial charge in [-0.05, 0) is 12.1 Å². The van der Waals surface area contributed by atoms with E-state index in [1.807, 2.05) is 31.6 Å². The molecule has 0 N–H and O–H groups in total. The molecule has 8 heteroatoms. The minimum absolute atomic E-state index is 0.0494. The largest absolute Gasteiger partial charge is 0.377 e. The zero-order valence-corrected chi connectivity index (χ0v) is 14.9. The molecule has 0 bridgehead atoms. The fourth-order valence-electron chi connectivity index (χ4n) is 3.58. The third-order valence-electron chi connectivity index (χ3n) is 4.80. The van der Waals surface area contributed by atoms with Crippen LogP contribution in [0.3, 0.4) is 0 Å². The van der Waals surface area contributed by atoms with Crippen LogP contribution in [0.4, 0.5) is 5.69 Å². The minimum Gasteiger partial charge on any atom is -0.377 e. The van der Waals surface area contributed by atoms with Crippen LogP contribution in [0.25, 0.3) is 0 Å². The van der Waals surface area contributed by atoms with E-state index >= 15 is 0 Å². The topological polar surface area (TPSA) is 72.7 Å². The van der Waals surface area contributed by atoms with Gasteiger partial charge in [0.05, 0.1) is 37.8 Å². The van der Waals surface area contributed by atoms with E-state index in [0.717, 1.165) is 24.3 Å². The molecule has 0 unspecified atom stereocenters. The summed E-state index contributed by atoms with van der Waals surface area (Å²) in [5, 5.41) is 4.24. The Morgan fingerprint density at radius 3 is 3.00 bits per heavy atom. The van der Waals surface area contributed by atoms with Gasteiger partial charge in [-0.3, -0.25) is 19.4 Å². The molecular weight excluding hydrogens is 334 g/mol. The van der Waals surface area contributed by atoms with Gasteiger partial charge in [0.2, 0.25) is 0 Å². The molecule has 138 valence electrons. The summed E-state index contributed by atoms with van der Waals surface area (Å²) in [6.07, 6.45) is 7.31. The molecule has 8 nitrogen and oxygen atoms in total. The fraction of sp³-hybridized carbons (Fsp3) is 0.500. The van der Waals surface area contributed by atoms with Gasteiger partial charge in [-0.2, -0.15) is 5.10 Å². The second-order valence-electron chi connectivity index (χ2n) is 6.95.